The Bertz CT molecular complexity index is 829. The second kappa shape index (κ2) is 9.14. The number of hydrogen-bond acceptors (Lipinski definition) is 7. The van der Waals surface area contributed by atoms with Crippen molar-refractivity contribution in [3.05, 3.63) is 60.2 Å². The predicted octanol–water partition coefficient (Wildman–Crippen LogP) is 2.02. The molecule has 0 saturated carbocycles. The van der Waals surface area contributed by atoms with Crippen LogP contribution in [0.1, 0.15) is 41.4 Å². The van der Waals surface area contributed by atoms with Gasteiger partial charge in [-0.2, -0.15) is 8.42 Å². The van der Waals surface area contributed by atoms with Crippen LogP contribution in [0.15, 0.2) is 49.1 Å². The number of ether oxygens (including phenoxy) is 1. The normalized spacial score (nSPS) is 19.6. The van der Waals surface area contributed by atoms with Crippen molar-refractivity contribution >= 4 is 16.4 Å². The lowest BCUT2D eigenvalue weighted by atomic mass is 10.1. The molecule has 2 atom stereocenters. The maximum Gasteiger partial charge on any atom is 0.272 e. The molecule has 1 aliphatic heterocycles. The maximum atomic E-state index is 11.5. The van der Waals surface area contributed by atoms with Gasteiger partial charge in [0.15, 0.2) is 0 Å². The van der Waals surface area contributed by atoms with Crippen molar-refractivity contribution < 1.29 is 22.5 Å². The molecule has 1 fully saturated rings. The Balaban J connectivity index is 0.000000273. The molecule has 1 aromatic heterocycles. The van der Waals surface area contributed by atoms with Gasteiger partial charge in [0.05, 0.1) is 6.61 Å². The summed E-state index contributed by atoms with van der Waals surface area (Å²) in [5.41, 5.74) is 0.616. The summed E-state index contributed by atoms with van der Waals surface area (Å²) < 4.78 is 37.9. The summed E-state index contributed by atoms with van der Waals surface area (Å²) in [7, 11) is -4.22. The molecule has 0 aliphatic carbocycles. The molecule has 146 valence electrons. The molecule has 0 amide bonds. The standard InChI is InChI=1S/C11H17N3O4S.C7H6O/c1-11(2)14-9(6-18-11)3-10(19(15,16)17)8-4-12-7-13-5-8;8-6-7-4-2-1-3-5-7/h4-5,7,9-10,14H,3,6H2,1-2H3,(H,15,16,17);1-6H/t9-,10+;/m0./s1. The Labute approximate surface area is 158 Å². The summed E-state index contributed by atoms with van der Waals surface area (Å²) in [6.07, 6.45) is 5.14. The van der Waals surface area contributed by atoms with E-state index >= 15 is 0 Å². The van der Waals surface area contributed by atoms with Gasteiger partial charge in [-0.1, -0.05) is 30.3 Å². The lowest BCUT2D eigenvalue weighted by molar-refractivity contribution is 0.0231. The number of hydrogen-bond donors (Lipinski definition) is 2. The molecule has 2 N–H and O–H groups in total. The van der Waals surface area contributed by atoms with E-state index in [-0.39, 0.29) is 12.5 Å². The number of aromatic nitrogens is 2. The molecular weight excluding hydrogens is 370 g/mol. The minimum absolute atomic E-state index is 0.151. The van der Waals surface area contributed by atoms with E-state index in [0.717, 1.165) is 11.8 Å². The van der Waals surface area contributed by atoms with Crippen molar-refractivity contribution in [2.75, 3.05) is 6.61 Å². The zero-order chi connectivity index (χ0) is 19.9. The first-order valence-corrected chi connectivity index (χ1v) is 9.84. The van der Waals surface area contributed by atoms with Crippen LogP contribution in [0.25, 0.3) is 0 Å². The van der Waals surface area contributed by atoms with Gasteiger partial charge >= 0.3 is 0 Å². The van der Waals surface area contributed by atoms with E-state index in [4.69, 9.17) is 4.74 Å². The lowest BCUT2D eigenvalue weighted by Gasteiger charge is -2.20. The van der Waals surface area contributed by atoms with E-state index in [0.29, 0.717) is 12.2 Å². The summed E-state index contributed by atoms with van der Waals surface area (Å²) in [4.78, 5) is 17.6. The van der Waals surface area contributed by atoms with Gasteiger partial charge in [-0.3, -0.25) is 14.7 Å². The Hall–Kier alpha value is -2.20. The highest BCUT2D eigenvalue weighted by Crippen LogP contribution is 2.28. The Morgan fingerprint density at radius 3 is 2.37 bits per heavy atom. The van der Waals surface area contributed by atoms with Crippen LogP contribution < -0.4 is 5.32 Å². The number of rotatable bonds is 5. The van der Waals surface area contributed by atoms with Gasteiger partial charge in [-0.25, -0.2) is 9.97 Å². The smallest absolute Gasteiger partial charge is 0.272 e. The SMILES string of the molecule is CC1(C)N[C@@H](C[C@H](c2cncnc2)S(=O)(=O)O)CO1.O=Cc1ccccc1. The minimum Gasteiger partial charge on any atom is -0.360 e. The molecule has 1 aromatic carbocycles. The van der Waals surface area contributed by atoms with Crippen LogP contribution in [0, 0.1) is 0 Å². The maximum absolute atomic E-state index is 11.5. The quantitative estimate of drug-likeness (QED) is 0.585. The number of benzene rings is 1. The van der Waals surface area contributed by atoms with E-state index in [9.17, 15) is 17.8 Å². The summed E-state index contributed by atoms with van der Waals surface area (Å²) in [6.45, 7) is 4.12. The third kappa shape index (κ3) is 6.79. The number of nitrogens with zero attached hydrogens (tertiary/aromatic N) is 2. The van der Waals surface area contributed by atoms with Gasteiger partial charge in [-0.05, 0) is 20.3 Å². The average molecular weight is 393 g/mol. The lowest BCUT2D eigenvalue weighted by Crippen LogP contribution is -2.39. The monoisotopic (exact) mass is 393 g/mol. The molecule has 8 nitrogen and oxygen atoms in total. The summed E-state index contributed by atoms with van der Waals surface area (Å²) in [5, 5.41) is 2.11. The van der Waals surface area contributed by atoms with E-state index in [1.54, 1.807) is 12.1 Å². The van der Waals surface area contributed by atoms with E-state index in [1.165, 1.54) is 18.7 Å². The first-order valence-electron chi connectivity index (χ1n) is 8.34. The fourth-order valence-electron chi connectivity index (χ4n) is 2.71. The molecule has 1 saturated heterocycles. The topological polar surface area (TPSA) is 118 Å². The molecule has 0 radical (unpaired) electrons. The summed E-state index contributed by atoms with van der Waals surface area (Å²) in [5.74, 6) is 0. The molecule has 27 heavy (non-hydrogen) atoms. The van der Waals surface area contributed by atoms with Crippen LogP contribution in [0.4, 0.5) is 0 Å². The summed E-state index contributed by atoms with van der Waals surface area (Å²) in [6, 6.07) is 8.95. The van der Waals surface area contributed by atoms with Crippen LogP contribution in [0.5, 0.6) is 0 Å². The minimum atomic E-state index is -4.22. The van der Waals surface area contributed by atoms with Crippen LogP contribution >= 0.6 is 0 Å². The van der Waals surface area contributed by atoms with Crippen molar-refractivity contribution in [3.8, 4) is 0 Å². The van der Waals surface area contributed by atoms with Gasteiger partial charge in [0.2, 0.25) is 0 Å². The Kier molecular flexibility index (Phi) is 7.14. The number of aldehydes is 1. The van der Waals surface area contributed by atoms with Gasteiger partial charge in [0.1, 0.15) is 23.6 Å². The fraction of sp³-hybridized carbons (Fsp3) is 0.389. The van der Waals surface area contributed by atoms with E-state index < -0.39 is 21.1 Å². The molecule has 3 rings (SSSR count). The first-order chi connectivity index (χ1) is 12.7. The number of carbonyl (C=O) groups excluding carboxylic acids is 1. The van der Waals surface area contributed by atoms with Crippen molar-refractivity contribution in [2.45, 2.75) is 37.3 Å². The van der Waals surface area contributed by atoms with Gasteiger partial charge < -0.3 is 4.74 Å². The molecule has 0 bridgehead atoms. The third-order valence-electron chi connectivity index (χ3n) is 3.94. The largest absolute Gasteiger partial charge is 0.360 e. The Morgan fingerprint density at radius 2 is 1.93 bits per heavy atom. The van der Waals surface area contributed by atoms with E-state index in [2.05, 4.69) is 15.3 Å². The zero-order valence-corrected chi connectivity index (χ0v) is 16.0. The molecule has 1 aliphatic rings. The molecule has 2 heterocycles. The van der Waals surface area contributed by atoms with Crippen LogP contribution in [0.2, 0.25) is 0 Å². The van der Waals surface area contributed by atoms with Crippen molar-refractivity contribution in [1.82, 2.24) is 15.3 Å². The Morgan fingerprint density at radius 1 is 1.30 bits per heavy atom. The van der Waals surface area contributed by atoms with Crippen molar-refractivity contribution in [1.29, 1.82) is 0 Å². The molecule has 2 aromatic rings. The highest BCUT2D eigenvalue weighted by molar-refractivity contribution is 7.86. The predicted molar refractivity (Wildman–Crippen MR) is 99.7 cm³/mol. The van der Waals surface area contributed by atoms with Gasteiger partial charge in [0.25, 0.3) is 10.1 Å². The number of carbonyl (C=O) groups is 1. The highest BCUT2D eigenvalue weighted by Gasteiger charge is 2.36. The van der Waals surface area contributed by atoms with E-state index in [1.807, 2.05) is 32.0 Å². The highest BCUT2D eigenvalue weighted by atomic mass is 32.2. The van der Waals surface area contributed by atoms with Crippen LogP contribution in [-0.2, 0) is 14.9 Å². The average Bonchev–Trinajstić information content (AvgIpc) is 2.99. The second-order valence-electron chi connectivity index (χ2n) is 6.60. The second-order valence-corrected chi connectivity index (χ2v) is 8.20. The zero-order valence-electron chi connectivity index (χ0n) is 15.1. The van der Waals surface area contributed by atoms with Gasteiger partial charge in [0, 0.05) is 29.6 Å². The van der Waals surface area contributed by atoms with Crippen LogP contribution in [-0.4, -0.2) is 47.6 Å². The molecule has 0 unspecified atom stereocenters. The van der Waals surface area contributed by atoms with Gasteiger partial charge in [-0.15, -0.1) is 0 Å². The first kappa shape index (κ1) is 21.1. The molecule has 0 spiro atoms. The van der Waals surface area contributed by atoms with Crippen molar-refractivity contribution in [2.24, 2.45) is 0 Å². The number of nitrogens with one attached hydrogen (secondary N) is 1. The third-order valence-corrected chi connectivity index (χ3v) is 5.13. The molecule has 9 heteroatoms. The van der Waals surface area contributed by atoms with Crippen molar-refractivity contribution in [3.63, 3.8) is 0 Å². The summed E-state index contributed by atoms with van der Waals surface area (Å²) >= 11 is 0. The molecular formula is C18H23N3O5S. The fourth-order valence-corrected chi connectivity index (χ4v) is 3.65. The van der Waals surface area contributed by atoms with Crippen LogP contribution in [0.3, 0.4) is 0 Å².